The van der Waals surface area contributed by atoms with Crippen molar-refractivity contribution in [1.29, 1.82) is 0 Å². The molecule has 32 heavy (non-hydrogen) atoms. The van der Waals surface area contributed by atoms with Gasteiger partial charge in [0.25, 0.3) is 5.91 Å². The molecule has 0 aromatic carbocycles. The average molecular weight is 444 g/mol. The summed E-state index contributed by atoms with van der Waals surface area (Å²) in [4.78, 5) is 24.0. The third-order valence-electron chi connectivity index (χ3n) is 6.74. The zero-order chi connectivity index (χ0) is 22.9. The monoisotopic (exact) mass is 443 g/mol. The molecule has 2 aliphatic rings. The fraction of sp³-hybridized carbons (Fsp3) is 0.652. The van der Waals surface area contributed by atoms with E-state index in [0.717, 1.165) is 31.5 Å². The van der Waals surface area contributed by atoms with Crippen molar-refractivity contribution in [2.24, 2.45) is 11.8 Å². The highest BCUT2D eigenvalue weighted by atomic mass is 16.5. The Hall–Kier alpha value is -2.68. The largest absolute Gasteiger partial charge is 0.478 e. The molecule has 3 heterocycles. The molecular weight excluding hydrogens is 410 g/mol. The zero-order valence-electron chi connectivity index (χ0n) is 19.4. The summed E-state index contributed by atoms with van der Waals surface area (Å²) in [7, 11) is 0. The molecule has 2 aromatic rings. The normalized spacial score (nSPS) is 25.0. The number of likely N-dealkylation sites (tertiary alicyclic amines) is 1. The first-order valence-corrected chi connectivity index (χ1v) is 11.6. The molecule has 174 valence electrons. The van der Waals surface area contributed by atoms with Crippen molar-refractivity contribution in [3.63, 3.8) is 0 Å². The number of ether oxygens (including phenoxy) is 2. The van der Waals surface area contributed by atoms with Crippen LogP contribution in [0.5, 0.6) is 11.9 Å². The molecule has 1 aliphatic heterocycles. The second-order valence-corrected chi connectivity index (χ2v) is 8.58. The van der Waals surface area contributed by atoms with Gasteiger partial charge in [-0.2, -0.15) is 10.1 Å². The van der Waals surface area contributed by atoms with Crippen molar-refractivity contribution in [1.82, 2.24) is 24.6 Å². The molecule has 0 radical (unpaired) electrons. The van der Waals surface area contributed by atoms with Crippen LogP contribution in [0.1, 0.15) is 61.6 Å². The molecule has 2 fully saturated rings. The number of piperidine rings is 1. The fourth-order valence-corrected chi connectivity index (χ4v) is 5.19. The molecule has 4 rings (SSSR count). The number of hydrogen-bond acceptors (Lipinski definition) is 7. The lowest BCUT2D eigenvalue weighted by Gasteiger charge is -2.53. The molecular formula is C23H33N5O4. The quantitative estimate of drug-likeness (QED) is 0.701. The summed E-state index contributed by atoms with van der Waals surface area (Å²) in [5.41, 5.74) is 0.822. The first-order valence-electron chi connectivity index (χ1n) is 11.6. The van der Waals surface area contributed by atoms with E-state index < -0.39 is 5.60 Å². The van der Waals surface area contributed by atoms with Gasteiger partial charge in [-0.25, -0.2) is 4.98 Å². The van der Waals surface area contributed by atoms with Gasteiger partial charge in [0.05, 0.1) is 30.0 Å². The molecule has 1 saturated carbocycles. The number of rotatable bonds is 7. The summed E-state index contributed by atoms with van der Waals surface area (Å²) in [6, 6.07) is 0.240. The smallest absolute Gasteiger partial charge is 0.319 e. The second kappa shape index (κ2) is 9.05. The van der Waals surface area contributed by atoms with Crippen molar-refractivity contribution in [2.45, 2.75) is 59.1 Å². The topological polar surface area (TPSA) is 103 Å². The fourth-order valence-electron chi connectivity index (χ4n) is 5.19. The van der Waals surface area contributed by atoms with Crippen LogP contribution in [0.2, 0.25) is 0 Å². The minimum Gasteiger partial charge on any atom is -0.478 e. The van der Waals surface area contributed by atoms with Crippen LogP contribution in [0.3, 0.4) is 0 Å². The van der Waals surface area contributed by atoms with Crippen LogP contribution < -0.4 is 9.47 Å². The standard InChI is InChI=1S/C23H33N5O4/c1-5-28-14-18(15(4)26-28)21(29)27-12-16-9-8-10-17(13-27)23(16,30)19-11-24-22(32-7-3)25-20(19)31-6-2/h11,14,16-17,30H,5-10,12-13H2,1-4H3. The molecule has 2 unspecified atom stereocenters. The number of amides is 1. The maximum Gasteiger partial charge on any atom is 0.319 e. The van der Waals surface area contributed by atoms with E-state index in [9.17, 15) is 9.90 Å². The predicted octanol–water partition coefficient (Wildman–Crippen LogP) is 2.56. The first-order chi connectivity index (χ1) is 15.4. The Bertz CT molecular complexity index is 961. The van der Waals surface area contributed by atoms with Crippen LogP contribution in [0.15, 0.2) is 12.4 Å². The number of hydrogen-bond donors (Lipinski definition) is 1. The third kappa shape index (κ3) is 3.83. The van der Waals surface area contributed by atoms with E-state index in [1.165, 1.54) is 0 Å². The number of carbonyl (C=O) groups excluding carboxylic acids is 1. The predicted molar refractivity (Wildman–Crippen MR) is 118 cm³/mol. The molecule has 1 amide bonds. The Morgan fingerprint density at radius 3 is 2.47 bits per heavy atom. The van der Waals surface area contributed by atoms with E-state index in [1.54, 1.807) is 10.9 Å². The second-order valence-electron chi connectivity index (χ2n) is 8.58. The van der Waals surface area contributed by atoms with E-state index in [1.807, 2.05) is 38.8 Å². The van der Waals surface area contributed by atoms with E-state index in [-0.39, 0.29) is 23.8 Å². The highest BCUT2D eigenvalue weighted by molar-refractivity contribution is 5.95. The number of aliphatic hydroxyl groups is 1. The van der Waals surface area contributed by atoms with Crippen LogP contribution in [0.4, 0.5) is 0 Å². The lowest BCUT2D eigenvalue weighted by atomic mass is 9.63. The molecule has 1 aliphatic carbocycles. The molecule has 9 nitrogen and oxygen atoms in total. The molecule has 2 bridgehead atoms. The third-order valence-corrected chi connectivity index (χ3v) is 6.74. The van der Waals surface area contributed by atoms with Crippen LogP contribution in [-0.2, 0) is 12.1 Å². The van der Waals surface area contributed by atoms with Gasteiger partial charge in [-0.15, -0.1) is 0 Å². The molecule has 1 saturated heterocycles. The SMILES string of the molecule is CCOc1ncc(C2(O)C3CCCC2CN(C(=O)c2cn(CC)nc2C)C3)c(OCC)n1. The lowest BCUT2D eigenvalue weighted by molar-refractivity contribution is -0.141. The van der Waals surface area contributed by atoms with E-state index in [0.29, 0.717) is 43.3 Å². The first kappa shape index (κ1) is 22.5. The zero-order valence-corrected chi connectivity index (χ0v) is 19.4. The van der Waals surface area contributed by atoms with Gasteiger partial charge >= 0.3 is 6.01 Å². The summed E-state index contributed by atoms with van der Waals surface area (Å²) in [5, 5.41) is 16.5. The van der Waals surface area contributed by atoms with E-state index in [4.69, 9.17) is 9.47 Å². The average Bonchev–Trinajstić information content (AvgIpc) is 3.14. The highest BCUT2D eigenvalue weighted by Crippen LogP contribution is 2.51. The summed E-state index contributed by atoms with van der Waals surface area (Å²) >= 11 is 0. The molecule has 2 aromatic heterocycles. The van der Waals surface area contributed by atoms with E-state index >= 15 is 0 Å². The summed E-state index contributed by atoms with van der Waals surface area (Å²) in [5.74, 6) is 0.0989. The number of aryl methyl sites for hydroxylation is 2. The molecule has 2 atom stereocenters. The van der Waals surface area contributed by atoms with Crippen molar-refractivity contribution in [2.75, 3.05) is 26.3 Å². The van der Waals surface area contributed by atoms with Gasteiger partial charge in [-0.3, -0.25) is 9.48 Å². The Morgan fingerprint density at radius 1 is 1.19 bits per heavy atom. The minimum atomic E-state index is -1.15. The minimum absolute atomic E-state index is 0.0193. The van der Waals surface area contributed by atoms with Crippen LogP contribution in [0, 0.1) is 18.8 Å². The van der Waals surface area contributed by atoms with Gasteiger partial charge in [0.1, 0.15) is 5.60 Å². The van der Waals surface area contributed by atoms with Gasteiger partial charge in [-0.1, -0.05) is 6.42 Å². The van der Waals surface area contributed by atoms with Crippen molar-refractivity contribution in [3.05, 3.63) is 29.2 Å². The Labute approximate surface area is 188 Å². The number of aromatic nitrogens is 4. The van der Waals surface area contributed by atoms with Crippen LogP contribution >= 0.6 is 0 Å². The Balaban J connectivity index is 1.65. The molecule has 9 heteroatoms. The molecule has 1 N–H and O–H groups in total. The summed E-state index contributed by atoms with van der Waals surface area (Å²) in [6.45, 7) is 10.2. The van der Waals surface area contributed by atoms with Crippen LogP contribution in [-0.4, -0.2) is 62.0 Å². The van der Waals surface area contributed by atoms with Crippen LogP contribution in [0.25, 0.3) is 0 Å². The Morgan fingerprint density at radius 2 is 1.88 bits per heavy atom. The maximum absolute atomic E-state index is 13.3. The summed E-state index contributed by atoms with van der Waals surface area (Å²) in [6.07, 6.45) is 6.13. The lowest BCUT2D eigenvalue weighted by Crippen LogP contribution is -2.59. The van der Waals surface area contributed by atoms with Gasteiger partial charge in [0.2, 0.25) is 5.88 Å². The van der Waals surface area contributed by atoms with Crippen molar-refractivity contribution < 1.29 is 19.4 Å². The summed E-state index contributed by atoms with van der Waals surface area (Å²) < 4.78 is 13.0. The Kier molecular flexibility index (Phi) is 6.37. The van der Waals surface area contributed by atoms with Gasteiger partial charge in [-0.05, 0) is 40.5 Å². The number of nitrogens with zero attached hydrogens (tertiary/aromatic N) is 5. The van der Waals surface area contributed by atoms with Gasteiger partial charge < -0.3 is 19.5 Å². The molecule has 0 spiro atoms. The number of fused-ring (bicyclic) bond motifs is 2. The van der Waals surface area contributed by atoms with Gasteiger partial charge in [0.15, 0.2) is 0 Å². The van der Waals surface area contributed by atoms with Gasteiger partial charge in [0, 0.05) is 43.9 Å². The van der Waals surface area contributed by atoms with E-state index in [2.05, 4.69) is 15.1 Å². The highest BCUT2D eigenvalue weighted by Gasteiger charge is 2.54. The van der Waals surface area contributed by atoms with Crippen molar-refractivity contribution in [3.8, 4) is 11.9 Å². The number of carbonyl (C=O) groups is 1. The maximum atomic E-state index is 13.3. The van der Waals surface area contributed by atoms with Crippen molar-refractivity contribution >= 4 is 5.91 Å².